The summed E-state index contributed by atoms with van der Waals surface area (Å²) in [6.07, 6.45) is 3.01. The molecule has 0 bridgehead atoms. The average Bonchev–Trinajstić information content (AvgIpc) is 2.73. The minimum absolute atomic E-state index is 0.122. The number of nitrogens with zero attached hydrogens (tertiary/aromatic N) is 2. The fourth-order valence-corrected chi connectivity index (χ4v) is 4.47. The second-order valence-corrected chi connectivity index (χ2v) is 8.21. The lowest BCUT2D eigenvalue weighted by Gasteiger charge is -2.39. The number of hydrogen-bond acceptors (Lipinski definition) is 6. The van der Waals surface area contributed by atoms with Crippen LogP contribution in [0, 0.1) is 0 Å². The van der Waals surface area contributed by atoms with Gasteiger partial charge in [0.2, 0.25) is 17.8 Å². The second-order valence-electron chi connectivity index (χ2n) is 8.21. The van der Waals surface area contributed by atoms with E-state index in [2.05, 4.69) is 39.3 Å². The number of methoxy groups -OCH3 is 1. The smallest absolute Gasteiger partial charge is 0.258 e. The molecule has 1 aromatic carbocycles. The number of anilines is 3. The molecule has 0 saturated carbocycles. The van der Waals surface area contributed by atoms with Gasteiger partial charge in [0.1, 0.15) is 11.6 Å². The molecule has 1 fully saturated rings. The van der Waals surface area contributed by atoms with Crippen molar-refractivity contribution in [3.8, 4) is 5.75 Å². The van der Waals surface area contributed by atoms with E-state index in [1.807, 2.05) is 0 Å². The average molecular weight is 425 g/mol. The summed E-state index contributed by atoms with van der Waals surface area (Å²) in [6.45, 7) is 4.19. The third-order valence-corrected chi connectivity index (χ3v) is 6.03. The summed E-state index contributed by atoms with van der Waals surface area (Å²) in [7, 11) is 1.54. The van der Waals surface area contributed by atoms with Gasteiger partial charge in [0.25, 0.3) is 5.56 Å². The van der Waals surface area contributed by atoms with Crippen LogP contribution < -0.4 is 25.8 Å². The Morgan fingerprint density at radius 1 is 1.23 bits per heavy atom. The first-order chi connectivity index (χ1) is 14.9. The van der Waals surface area contributed by atoms with Crippen LogP contribution in [-0.2, 0) is 9.59 Å². The standard InChI is InChI=1S/C22H27N5O4/c1-12-6-4-7-13(2)27(12)22-25-19-18(21(30)26-22)16(11-17(28)24-19)20(29)23-14-8-5-9-15(10-14)31-3/h5,8-10,12-13,16H,4,6-7,11H2,1-3H3,(H,23,29)(H2,24,25,26,28,30)/t12-,13+,16-/m1/s1. The van der Waals surface area contributed by atoms with Crippen molar-refractivity contribution in [1.82, 2.24) is 9.97 Å². The van der Waals surface area contributed by atoms with Crippen LogP contribution in [0.25, 0.3) is 0 Å². The molecule has 1 saturated heterocycles. The molecule has 3 N–H and O–H groups in total. The van der Waals surface area contributed by atoms with Gasteiger partial charge in [0, 0.05) is 30.3 Å². The van der Waals surface area contributed by atoms with Gasteiger partial charge in [-0.1, -0.05) is 6.07 Å². The van der Waals surface area contributed by atoms with E-state index in [1.165, 1.54) is 7.11 Å². The zero-order chi connectivity index (χ0) is 22.1. The molecule has 0 unspecified atom stereocenters. The molecule has 3 atom stereocenters. The highest BCUT2D eigenvalue weighted by atomic mass is 16.5. The molecule has 4 rings (SSSR count). The fraction of sp³-hybridized carbons (Fsp3) is 0.455. The number of carbonyl (C=O) groups excluding carboxylic acids is 2. The highest BCUT2D eigenvalue weighted by Gasteiger charge is 2.36. The molecule has 31 heavy (non-hydrogen) atoms. The van der Waals surface area contributed by atoms with Crippen LogP contribution in [0.3, 0.4) is 0 Å². The number of benzene rings is 1. The number of rotatable bonds is 4. The molecule has 3 heterocycles. The number of carbonyl (C=O) groups is 2. The number of aromatic nitrogens is 2. The van der Waals surface area contributed by atoms with Crippen molar-refractivity contribution in [2.45, 2.75) is 57.5 Å². The summed E-state index contributed by atoms with van der Waals surface area (Å²) in [6, 6.07) is 7.34. The normalized spacial score (nSPS) is 23.0. The van der Waals surface area contributed by atoms with Gasteiger partial charge in [-0.15, -0.1) is 0 Å². The minimum atomic E-state index is -0.934. The molecule has 9 nitrogen and oxygen atoms in total. The molecule has 0 aliphatic carbocycles. The molecule has 1 aromatic heterocycles. The molecule has 9 heteroatoms. The summed E-state index contributed by atoms with van der Waals surface area (Å²) in [4.78, 5) is 47.9. The zero-order valence-electron chi connectivity index (χ0n) is 17.9. The van der Waals surface area contributed by atoms with Gasteiger partial charge in [0.05, 0.1) is 18.6 Å². The summed E-state index contributed by atoms with van der Waals surface area (Å²) in [5.41, 5.74) is 0.297. The van der Waals surface area contributed by atoms with E-state index in [0.717, 1.165) is 19.3 Å². The number of nitrogens with one attached hydrogen (secondary N) is 3. The quantitative estimate of drug-likeness (QED) is 0.693. The van der Waals surface area contributed by atoms with Crippen LogP contribution in [0.15, 0.2) is 29.1 Å². The Morgan fingerprint density at radius 3 is 2.68 bits per heavy atom. The Kier molecular flexibility index (Phi) is 5.67. The molecular formula is C22H27N5O4. The van der Waals surface area contributed by atoms with Crippen molar-refractivity contribution >= 4 is 29.3 Å². The van der Waals surface area contributed by atoms with Crippen molar-refractivity contribution in [3.63, 3.8) is 0 Å². The van der Waals surface area contributed by atoms with Crippen LogP contribution >= 0.6 is 0 Å². The Bertz CT molecular complexity index is 1060. The Morgan fingerprint density at radius 2 is 1.97 bits per heavy atom. The lowest BCUT2D eigenvalue weighted by molar-refractivity contribution is -0.123. The van der Waals surface area contributed by atoms with Gasteiger partial charge >= 0.3 is 0 Å². The maximum absolute atomic E-state index is 13.0. The molecule has 2 amide bonds. The number of amides is 2. The summed E-state index contributed by atoms with van der Waals surface area (Å²) >= 11 is 0. The van der Waals surface area contributed by atoms with Crippen LogP contribution in [0.2, 0.25) is 0 Å². The van der Waals surface area contributed by atoms with E-state index in [1.54, 1.807) is 24.3 Å². The monoisotopic (exact) mass is 425 g/mol. The van der Waals surface area contributed by atoms with Crippen molar-refractivity contribution < 1.29 is 14.3 Å². The van der Waals surface area contributed by atoms with Crippen molar-refractivity contribution in [3.05, 3.63) is 40.2 Å². The zero-order valence-corrected chi connectivity index (χ0v) is 17.9. The number of aromatic amines is 1. The summed E-state index contributed by atoms with van der Waals surface area (Å²) < 4.78 is 5.18. The molecular weight excluding hydrogens is 398 g/mol. The second kappa shape index (κ2) is 8.41. The summed E-state index contributed by atoms with van der Waals surface area (Å²) in [5, 5.41) is 5.46. The fourth-order valence-electron chi connectivity index (χ4n) is 4.47. The lowest BCUT2D eigenvalue weighted by atomic mass is 9.92. The van der Waals surface area contributed by atoms with Crippen LogP contribution in [0.4, 0.5) is 17.5 Å². The highest BCUT2D eigenvalue weighted by molar-refractivity contribution is 6.04. The van der Waals surface area contributed by atoms with Crippen molar-refractivity contribution in [2.24, 2.45) is 0 Å². The van der Waals surface area contributed by atoms with E-state index in [0.29, 0.717) is 17.4 Å². The van der Waals surface area contributed by atoms with Crippen LogP contribution in [0.5, 0.6) is 5.75 Å². The largest absolute Gasteiger partial charge is 0.497 e. The number of hydrogen-bond donors (Lipinski definition) is 3. The van der Waals surface area contributed by atoms with Crippen molar-refractivity contribution in [2.75, 3.05) is 22.6 Å². The molecule has 2 aliphatic heterocycles. The van der Waals surface area contributed by atoms with Gasteiger partial charge in [0.15, 0.2) is 0 Å². The predicted octanol–water partition coefficient (Wildman–Crippen LogP) is 2.61. The maximum atomic E-state index is 13.0. The number of fused-ring (bicyclic) bond motifs is 1. The molecule has 2 aromatic rings. The summed E-state index contributed by atoms with van der Waals surface area (Å²) in [5.74, 6) is -0.542. The van der Waals surface area contributed by atoms with Crippen molar-refractivity contribution in [1.29, 1.82) is 0 Å². The number of ether oxygens (including phenoxy) is 1. The number of piperidine rings is 1. The SMILES string of the molecule is COc1cccc(NC(=O)[C@@H]2CC(=O)Nc3nc(N4[C@H](C)CCC[C@@H]4C)[nH]c(=O)c32)c1. The first kappa shape index (κ1) is 20.9. The third kappa shape index (κ3) is 4.12. The molecule has 0 radical (unpaired) electrons. The van der Waals surface area contributed by atoms with Gasteiger partial charge < -0.3 is 20.3 Å². The van der Waals surface area contributed by atoms with E-state index in [-0.39, 0.29) is 35.8 Å². The first-order valence-corrected chi connectivity index (χ1v) is 10.5. The topological polar surface area (TPSA) is 116 Å². The first-order valence-electron chi connectivity index (χ1n) is 10.5. The Balaban J connectivity index is 1.66. The maximum Gasteiger partial charge on any atom is 0.258 e. The van der Waals surface area contributed by atoms with Crippen LogP contribution in [0.1, 0.15) is 51.0 Å². The Labute approximate surface area is 180 Å². The van der Waals surface area contributed by atoms with Gasteiger partial charge in [-0.3, -0.25) is 19.4 Å². The van der Waals surface area contributed by atoms with E-state index >= 15 is 0 Å². The minimum Gasteiger partial charge on any atom is -0.497 e. The molecule has 0 spiro atoms. The van der Waals surface area contributed by atoms with E-state index in [9.17, 15) is 14.4 Å². The Hall–Kier alpha value is -3.36. The number of H-pyrrole nitrogens is 1. The van der Waals surface area contributed by atoms with Crippen LogP contribution in [-0.4, -0.2) is 41.0 Å². The van der Waals surface area contributed by atoms with Gasteiger partial charge in [-0.05, 0) is 45.2 Å². The third-order valence-electron chi connectivity index (χ3n) is 6.03. The molecule has 2 aliphatic rings. The van der Waals surface area contributed by atoms with E-state index in [4.69, 9.17) is 4.74 Å². The highest BCUT2D eigenvalue weighted by Crippen LogP contribution is 2.32. The lowest BCUT2D eigenvalue weighted by Crippen LogP contribution is -2.46. The van der Waals surface area contributed by atoms with E-state index < -0.39 is 17.4 Å². The van der Waals surface area contributed by atoms with Gasteiger partial charge in [-0.2, -0.15) is 4.98 Å². The molecule has 164 valence electrons. The van der Waals surface area contributed by atoms with Gasteiger partial charge in [-0.25, -0.2) is 0 Å². The predicted molar refractivity (Wildman–Crippen MR) is 118 cm³/mol.